The lowest BCUT2D eigenvalue weighted by Gasteiger charge is -2.10. The summed E-state index contributed by atoms with van der Waals surface area (Å²) in [6, 6.07) is 11.8. The minimum atomic E-state index is -1.08. The number of fused-ring (bicyclic) bond motifs is 3. The molecular formula is C20H14ClN3O4. The van der Waals surface area contributed by atoms with Gasteiger partial charge in [-0.05, 0) is 29.8 Å². The Labute approximate surface area is 163 Å². The van der Waals surface area contributed by atoms with Crippen molar-refractivity contribution in [2.75, 3.05) is 5.32 Å². The zero-order valence-electron chi connectivity index (χ0n) is 14.4. The second-order valence-corrected chi connectivity index (χ2v) is 6.67. The molecule has 4 N–H and O–H groups in total. The van der Waals surface area contributed by atoms with E-state index < -0.39 is 11.9 Å². The standard InChI is InChI=1S/C20H14ClN3O4/c21-12-3-1-2-10(6-12)8-23-18-17-16(14(9-22-17)20(27)28)13-5-4-11(19(25)26)7-15(13)24-18/h1-7,9,22H,8H2,(H,23,24)(H,25,26)(H,27,28). The number of benzene rings is 2. The average molecular weight is 396 g/mol. The fourth-order valence-electron chi connectivity index (χ4n) is 3.16. The number of rotatable bonds is 5. The van der Waals surface area contributed by atoms with Crippen molar-refractivity contribution in [3.05, 3.63) is 70.4 Å². The Morgan fingerprint density at radius 1 is 1.11 bits per heavy atom. The van der Waals surface area contributed by atoms with E-state index in [4.69, 9.17) is 11.6 Å². The van der Waals surface area contributed by atoms with E-state index in [1.165, 1.54) is 18.3 Å². The Bertz CT molecular complexity index is 1250. The maximum atomic E-state index is 11.7. The minimum Gasteiger partial charge on any atom is -0.478 e. The molecule has 2 aromatic heterocycles. The highest BCUT2D eigenvalue weighted by Gasteiger charge is 2.18. The number of aromatic nitrogens is 2. The van der Waals surface area contributed by atoms with E-state index in [2.05, 4.69) is 15.3 Å². The van der Waals surface area contributed by atoms with Crippen LogP contribution in [0.1, 0.15) is 26.3 Å². The molecule has 4 rings (SSSR count). The van der Waals surface area contributed by atoms with Crippen LogP contribution >= 0.6 is 11.6 Å². The van der Waals surface area contributed by atoms with Crippen LogP contribution in [0.2, 0.25) is 5.02 Å². The predicted molar refractivity (Wildman–Crippen MR) is 106 cm³/mol. The second kappa shape index (κ2) is 6.86. The fraction of sp³-hybridized carbons (Fsp3) is 0.0500. The number of anilines is 1. The quantitative estimate of drug-likeness (QED) is 0.398. The number of carbonyl (C=O) groups is 2. The van der Waals surface area contributed by atoms with Gasteiger partial charge in [-0.2, -0.15) is 0 Å². The molecule has 0 saturated heterocycles. The number of aromatic carboxylic acids is 2. The summed E-state index contributed by atoms with van der Waals surface area (Å²) in [5.74, 6) is -1.73. The topological polar surface area (TPSA) is 115 Å². The van der Waals surface area contributed by atoms with E-state index >= 15 is 0 Å². The molecule has 0 bridgehead atoms. The third kappa shape index (κ3) is 3.12. The first-order valence-electron chi connectivity index (χ1n) is 8.34. The zero-order chi connectivity index (χ0) is 19.8. The predicted octanol–water partition coefficient (Wildman–Crippen LogP) is 4.38. The number of pyridine rings is 1. The first-order valence-corrected chi connectivity index (χ1v) is 8.71. The van der Waals surface area contributed by atoms with E-state index in [1.807, 2.05) is 18.2 Å². The third-order valence-corrected chi connectivity index (χ3v) is 4.68. The Balaban J connectivity index is 1.88. The van der Waals surface area contributed by atoms with Crippen LogP contribution in [0.25, 0.3) is 21.8 Å². The molecule has 0 aliphatic heterocycles. The summed E-state index contributed by atoms with van der Waals surface area (Å²) in [5, 5.41) is 23.6. The summed E-state index contributed by atoms with van der Waals surface area (Å²) in [4.78, 5) is 30.5. The lowest BCUT2D eigenvalue weighted by atomic mass is 10.0. The van der Waals surface area contributed by atoms with Crippen LogP contribution in [0.3, 0.4) is 0 Å². The maximum Gasteiger partial charge on any atom is 0.337 e. The summed E-state index contributed by atoms with van der Waals surface area (Å²) in [5.41, 5.74) is 2.02. The van der Waals surface area contributed by atoms with Gasteiger partial charge in [0.05, 0.1) is 22.2 Å². The average Bonchev–Trinajstić information content (AvgIpc) is 3.11. The summed E-state index contributed by atoms with van der Waals surface area (Å²) >= 11 is 6.01. The second-order valence-electron chi connectivity index (χ2n) is 6.24. The molecule has 0 amide bonds. The molecule has 0 unspecified atom stereocenters. The molecule has 2 aromatic carbocycles. The third-order valence-electron chi connectivity index (χ3n) is 4.44. The van der Waals surface area contributed by atoms with Crippen molar-refractivity contribution in [3.8, 4) is 0 Å². The summed E-state index contributed by atoms with van der Waals surface area (Å²) in [7, 11) is 0. The molecule has 0 atom stereocenters. The van der Waals surface area contributed by atoms with Gasteiger partial charge in [-0.15, -0.1) is 0 Å². The van der Waals surface area contributed by atoms with Crippen molar-refractivity contribution >= 4 is 51.2 Å². The summed E-state index contributed by atoms with van der Waals surface area (Å²) < 4.78 is 0. The molecule has 7 nitrogen and oxygen atoms in total. The number of carboxylic acids is 2. The molecule has 0 radical (unpaired) electrons. The molecule has 4 aromatic rings. The van der Waals surface area contributed by atoms with E-state index in [0.717, 1.165) is 5.56 Å². The Morgan fingerprint density at radius 2 is 1.93 bits per heavy atom. The molecule has 0 spiro atoms. The molecule has 2 heterocycles. The molecule has 0 aliphatic rings. The minimum absolute atomic E-state index is 0.0764. The van der Waals surface area contributed by atoms with E-state index in [-0.39, 0.29) is 11.1 Å². The van der Waals surface area contributed by atoms with Crippen LogP contribution in [0, 0.1) is 0 Å². The largest absolute Gasteiger partial charge is 0.478 e. The van der Waals surface area contributed by atoms with Gasteiger partial charge in [-0.25, -0.2) is 14.6 Å². The summed E-state index contributed by atoms with van der Waals surface area (Å²) in [6.45, 7) is 0.411. The van der Waals surface area contributed by atoms with Crippen molar-refractivity contribution in [1.82, 2.24) is 9.97 Å². The number of halogens is 1. The van der Waals surface area contributed by atoms with E-state index in [0.29, 0.717) is 39.2 Å². The van der Waals surface area contributed by atoms with E-state index in [1.54, 1.807) is 12.1 Å². The monoisotopic (exact) mass is 395 g/mol. The fourth-order valence-corrected chi connectivity index (χ4v) is 3.38. The van der Waals surface area contributed by atoms with Crippen LogP contribution in [-0.2, 0) is 6.54 Å². The Hall–Kier alpha value is -3.58. The molecule has 28 heavy (non-hydrogen) atoms. The number of aromatic amines is 1. The van der Waals surface area contributed by atoms with Gasteiger partial charge in [0.25, 0.3) is 0 Å². The van der Waals surface area contributed by atoms with Crippen molar-refractivity contribution in [2.45, 2.75) is 6.54 Å². The van der Waals surface area contributed by atoms with Gasteiger partial charge >= 0.3 is 11.9 Å². The highest BCUT2D eigenvalue weighted by Crippen LogP contribution is 2.32. The highest BCUT2D eigenvalue weighted by atomic mass is 35.5. The number of hydrogen-bond donors (Lipinski definition) is 4. The number of H-pyrrole nitrogens is 1. The smallest absolute Gasteiger partial charge is 0.337 e. The van der Waals surface area contributed by atoms with Crippen LogP contribution in [0.5, 0.6) is 0 Å². The lowest BCUT2D eigenvalue weighted by Crippen LogP contribution is -2.04. The van der Waals surface area contributed by atoms with Gasteiger partial charge in [-0.3, -0.25) is 0 Å². The van der Waals surface area contributed by atoms with Crippen molar-refractivity contribution < 1.29 is 19.8 Å². The van der Waals surface area contributed by atoms with Crippen molar-refractivity contribution in [3.63, 3.8) is 0 Å². The Kier molecular flexibility index (Phi) is 4.37. The van der Waals surface area contributed by atoms with Crippen LogP contribution < -0.4 is 5.32 Å². The van der Waals surface area contributed by atoms with Gasteiger partial charge in [0.1, 0.15) is 0 Å². The van der Waals surface area contributed by atoms with Crippen LogP contribution in [0.4, 0.5) is 5.82 Å². The molecule has 0 aliphatic carbocycles. The lowest BCUT2D eigenvalue weighted by molar-refractivity contribution is 0.0687. The molecule has 140 valence electrons. The molecule has 0 saturated carbocycles. The van der Waals surface area contributed by atoms with E-state index in [9.17, 15) is 19.8 Å². The van der Waals surface area contributed by atoms with Gasteiger partial charge in [0.15, 0.2) is 5.82 Å². The van der Waals surface area contributed by atoms with Crippen LogP contribution in [-0.4, -0.2) is 32.1 Å². The SMILES string of the molecule is O=C(O)c1ccc2c(c1)nc(NCc1cccc(Cl)c1)c1[nH]cc(C(=O)O)c12. The summed E-state index contributed by atoms with van der Waals surface area (Å²) in [6.07, 6.45) is 1.41. The Morgan fingerprint density at radius 3 is 2.64 bits per heavy atom. The van der Waals surface area contributed by atoms with Gasteiger partial charge in [-0.1, -0.05) is 29.8 Å². The molecule has 8 heteroatoms. The normalized spacial score (nSPS) is 11.0. The van der Waals surface area contributed by atoms with Gasteiger partial charge < -0.3 is 20.5 Å². The number of carboxylic acid groups (broad SMARTS) is 2. The number of nitrogens with zero attached hydrogens (tertiary/aromatic N) is 1. The zero-order valence-corrected chi connectivity index (χ0v) is 15.1. The van der Waals surface area contributed by atoms with Crippen molar-refractivity contribution in [2.24, 2.45) is 0 Å². The first kappa shape index (κ1) is 17.8. The van der Waals surface area contributed by atoms with Gasteiger partial charge in [0.2, 0.25) is 0 Å². The first-order chi connectivity index (χ1) is 13.4. The van der Waals surface area contributed by atoms with Gasteiger partial charge in [0, 0.05) is 28.5 Å². The molecular weight excluding hydrogens is 382 g/mol. The highest BCUT2D eigenvalue weighted by molar-refractivity contribution is 6.30. The van der Waals surface area contributed by atoms with Crippen LogP contribution in [0.15, 0.2) is 48.7 Å². The number of nitrogens with one attached hydrogen (secondary N) is 2. The molecule has 0 fully saturated rings. The number of hydrogen-bond acceptors (Lipinski definition) is 4. The van der Waals surface area contributed by atoms with Crippen molar-refractivity contribution in [1.29, 1.82) is 0 Å². The maximum absolute atomic E-state index is 11.7.